The number of hydrogen-bond donors (Lipinski definition) is 4. The number of nitrogens with zero attached hydrogens (tertiary/aromatic N) is 4. The normalized spacial score (nSPS) is 18.7. The topological polar surface area (TPSA) is 189 Å². The number of nitrogens with one attached hydrogen (secondary N) is 4. The largest absolute Gasteiger partial charge is 0.383 e. The van der Waals surface area contributed by atoms with E-state index in [1.165, 1.54) is 15.8 Å². The highest BCUT2D eigenvalue weighted by atomic mass is 16.1. The molecular weight excluding hydrogens is 845 g/mol. The zero-order valence-corrected chi connectivity index (χ0v) is 38.6. The molecule has 3 unspecified atom stereocenters. The molecule has 8 rings (SSSR count). The summed E-state index contributed by atoms with van der Waals surface area (Å²) in [5.74, 6) is 9.70. The maximum absolute atomic E-state index is 12.9. The van der Waals surface area contributed by atoms with E-state index in [1.54, 1.807) is 36.1 Å². The Kier molecular flexibility index (Phi) is 13.2. The van der Waals surface area contributed by atoms with Crippen LogP contribution in [0.5, 0.6) is 0 Å². The molecule has 0 radical (unpaired) electrons. The maximum atomic E-state index is 12.9. The van der Waals surface area contributed by atoms with Crippen LogP contribution in [0.1, 0.15) is 113 Å². The average Bonchev–Trinajstić information content (AvgIpc) is 3.89. The lowest BCUT2D eigenvalue weighted by atomic mass is 9.69. The summed E-state index contributed by atoms with van der Waals surface area (Å²) in [7, 11) is 0. The lowest BCUT2D eigenvalue weighted by Gasteiger charge is -2.46. The third kappa shape index (κ3) is 8.38. The molecule has 2 saturated heterocycles. The Bertz CT molecular complexity index is 3190. The Labute approximate surface area is 388 Å². The van der Waals surface area contributed by atoms with Gasteiger partial charge >= 0.3 is 0 Å². The molecule has 0 bridgehead atoms. The predicted octanol–water partition coefficient (Wildman–Crippen LogP) is 4.51. The van der Waals surface area contributed by atoms with Crippen LogP contribution in [0.15, 0.2) is 59.9 Å². The van der Waals surface area contributed by atoms with Crippen LogP contribution in [0, 0.1) is 11.3 Å². The number of piperidine rings is 1. The highest BCUT2D eigenvalue weighted by molar-refractivity contribution is 6.10. The summed E-state index contributed by atoms with van der Waals surface area (Å²) < 4.78 is 1.42. The number of hydrogen-bond acceptors (Lipinski definition) is 11. The number of aromatic amines is 1. The summed E-state index contributed by atoms with van der Waals surface area (Å²) in [4.78, 5) is 82.0. The molecule has 2 aromatic heterocycles. The number of rotatable bonds is 13. The maximum Gasteiger partial charge on any atom is 0.220 e. The molecule has 3 aromatic carbocycles. The minimum atomic E-state index is -0.759. The van der Waals surface area contributed by atoms with Gasteiger partial charge in [-0.1, -0.05) is 45.4 Å². The van der Waals surface area contributed by atoms with E-state index in [0.717, 1.165) is 78.6 Å². The number of benzene rings is 3. The van der Waals surface area contributed by atoms with Crippen LogP contribution in [0.2, 0.25) is 0 Å². The van der Waals surface area contributed by atoms with Gasteiger partial charge in [0.2, 0.25) is 5.91 Å². The second-order valence-corrected chi connectivity index (χ2v) is 18.4. The highest BCUT2D eigenvalue weighted by Gasteiger charge is 2.40. The fraction of sp³-hybridized carbons (Fsp3) is 0.396. The van der Waals surface area contributed by atoms with Gasteiger partial charge in [-0.2, -0.15) is 5.26 Å². The summed E-state index contributed by atoms with van der Waals surface area (Å²) in [5, 5.41) is 20.5. The quantitative estimate of drug-likeness (QED) is 0.0962. The third-order valence-electron chi connectivity index (χ3n) is 14.0. The number of anilines is 2. The first-order valence-electron chi connectivity index (χ1n) is 23.1. The Morgan fingerprint density at radius 1 is 0.881 bits per heavy atom. The zero-order valence-electron chi connectivity index (χ0n) is 38.6. The molecule has 2 fully saturated rings. The molecule has 1 aliphatic carbocycles. The van der Waals surface area contributed by atoms with E-state index in [4.69, 9.17) is 0 Å². The monoisotopic (exact) mass is 898 g/mol. The van der Waals surface area contributed by atoms with E-state index in [1.807, 2.05) is 24.0 Å². The van der Waals surface area contributed by atoms with Gasteiger partial charge in [-0.05, 0) is 93.1 Å². The van der Waals surface area contributed by atoms with E-state index in [9.17, 15) is 34.0 Å². The van der Waals surface area contributed by atoms with Gasteiger partial charge in [0, 0.05) is 101 Å². The summed E-state index contributed by atoms with van der Waals surface area (Å²) in [6.07, 6.45) is 4.38. The highest BCUT2D eigenvalue weighted by Crippen LogP contribution is 2.50. The number of fused-ring (bicyclic) bond motifs is 5. The number of aromatic nitrogens is 2. The summed E-state index contributed by atoms with van der Waals surface area (Å²) in [5.41, 5.74) is 8.51. The first-order valence-corrected chi connectivity index (χ1v) is 23.1. The van der Waals surface area contributed by atoms with Gasteiger partial charge < -0.3 is 30.4 Å². The second kappa shape index (κ2) is 19.2. The Hall–Kier alpha value is -7.43. The lowest BCUT2D eigenvalue weighted by molar-refractivity contribution is -0.121. The molecule has 342 valence electrons. The fourth-order valence-electron chi connectivity index (χ4n) is 10.7. The zero-order chi connectivity index (χ0) is 47.6. The van der Waals surface area contributed by atoms with E-state index < -0.39 is 11.5 Å². The smallest absolute Gasteiger partial charge is 0.220 e. The first-order chi connectivity index (χ1) is 32.4. The molecule has 67 heavy (non-hydrogen) atoms. The van der Waals surface area contributed by atoms with Crippen LogP contribution in [0.4, 0.5) is 11.4 Å². The van der Waals surface area contributed by atoms with Crippen LogP contribution in [-0.4, -0.2) is 94.9 Å². The predicted molar refractivity (Wildman–Crippen MR) is 258 cm³/mol. The van der Waals surface area contributed by atoms with Crippen molar-refractivity contribution in [1.29, 1.82) is 5.26 Å². The number of aryl methyl sites for hydroxylation is 1. The first kappa shape index (κ1) is 46.1. The summed E-state index contributed by atoms with van der Waals surface area (Å²) in [6.45, 7) is 14.4. The number of H-pyrrole nitrogens is 1. The van der Waals surface area contributed by atoms with Gasteiger partial charge in [0.15, 0.2) is 11.9 Å². The number of allylic oxidation sites excluding steroid dienone is 2. The molecule has 14 heteroatoms. The van der Waals surface area contributed by atoms with Crippen LogP contribution in [0.25, 0.3) is 27.2 Å². The van der Waals surface area contributed by atoms with Gasteiger partial charge in [-0.25, -0.2) is 24.0 Å². The Balaban J connectivity index is 0.841. The summed E-state index contributed by atoms with van der Waals surface area (Å²) in [6, 6.07) is 17.3. The molecule has 0 saturated carbocycles. The standard InChI is InChI=1S/C53H54N8O6/c1-6-35-22-39-40(28-63)50-37-16-14-34(24-54)21-43(37)58-52(50)53(4,5)41(39)23-46(35)59-25-32(2)60(33(3)26-59)20-9-7-8-13-49(67)56-19-18-55-42-12-10-11-38-47(30-65)61(48(31-66)51(38)42)45-17-15-36(27-62)57-44(45)29-64/h10-12,14,16,21-23,32-33,45,55,57-58H,6-9,13,15,17-20,25-26H2,1-5H3,(H,56,67). The number of carbonyl (C=O) groups is 1. The van der Waals surface area contributed by atoms with Crippen molar-refractivity contribution in [3.63, 3.8) is 0 Å². The van der Waals surface area contributed by atoms with Crippen molar-refractivity contribution >= 4 is 74.2 Å². The van der Waals surface area contributed by atoms with Crippen LogP contribution in [0.3, 0.4) is 0 Å². The van der Waals surface area contributed by atoms with E-state index in [2.05, 4.69) is 89.5 Å². The fourth-order valence-corrected chi connectivity index (χ4v) is 10.7. The summed E-state index contributed by atoms with van der Waals surface area (Å²) >= 11 is 0. The van der Waals surface area contributed by atoms with Crippen LogP contribution in [-0.2, 0) is 40.6 Å². The van der Waals surface area contributed by atoms with E-state index in [0.29, 0.717) is 59.2 Å². The number of unbranched alkanes of at least 4 members (excludes halogenated alkanes) is 2. The average molecular weight is 899 g/mol. The minimum Gasteiger partial charge on any atom is -0.383 e. The number of piperazine rings is 1. The second-order valence-electron chi connectivity index (χ2n) is 18.4. The number of amides is 1. The van der Waals surface area contributed by atoms with Gasteiger partial charge in [0.1, 0.15) is 39.9 Å². The van der Waals surface area contributed by atoms with Gasteiger partial charge in [-0.3, -0.25) is 9.69 Å². The van der Waals surface area contributed by atoms with E-state index in [-0.39, 0.29) is 40.8 Å². The Morgan fingerprint density at radius 3 is 2.34 bits per heavy atom. The van der Waals surface area contributed by atoms with Crippen LogP contribution < -0.4 is 31.5 Å². The SMILES string of the molecule is CCc1cc2c(cc1N1CC(C)N(CCCCCC(=O)NCCNc3cccc4c(=C=O)n(C5CCC(=C=O)NC5=C=O)c(=C=O)c34)C(C)C1)C(C)(C)c1[nH]c3cc(C#N)ccc3c1C2=C=O. The Morgan fingerprint density at radius 2 is 1.66 bits per heavy atom. The molecule has 4 N–H and O–H groups in total. The number of carbonyl (C=O) groups excluding carboxylic acids is 6. The minimum absolute atomic E-state index is 0.00882. The molecule has 14 nitrogen and oxygen atoms in total. The van der Waals surface area contributed by atoms with Crippen molar-refractivity contribution in [3.05, 3.63) is 104 Å². The van der Waals surface area contributed by atoms with Gasteiger partial charge in [0.25, 0.3) is 0 Å². The van der Waals surface area contributed by atoms with Crippen LogP contribution >= 0.6 is 0 Å². The molecule has 3 aliphatic rings. The molecule has 2 aliphatic heterocycles. The van der Waals surface area contributed by atoms with Crippen molar-refractivity contribution in [1.82, 2.24) is 25.1 Å². The number of nitriles is 1. The lowest BCUT2D eigenvalue weighted by Crippen LogP contribution is -2.57. The molecule has 5 aromatic rings. The van der Waals surface area contributed by atoms with Crippen molar-refractivity contribution in [2.75, 3.05) is 42.9 Å². The molecule has 0 spiro atoms. The van der Waals surface area contributed by atoms with Gasteiger partial charge in [0.05, 0.1) is 23.2 Å². The van der Waals surface area contributed by atoms with E-state index >= 15 is 0 Å². The third-order valence-corrected chi connectivity index (χ3v) is 14.0. The van der Waals surface area contributed by atoms with Gasteiger partial charge in [-0.15, -0.1) is 0 Å². The molecular formula is C53H54N8O6. The van der Waals surface area contributed by atoms with Crippen molar-refractivity contribution in [3.8, 4) is 6.07 Å². The molecule has 4 heterocycles. The molecule has 1 amide bonds. The van der Waals surface area contributed by atoms with Crippen molar-refractivity contribution < 1.29 is 28.8 Å². The van der Waals surface area contributed by atoms with Crippen molar-refractivity contribution in [2.24, 2.45) is 0 Å². The van der Waals surface area contributed by atoms with Crippen molar-refractivity contribution in [2.45, 2.75) is 103 Å². The molecule has 3 atom stereocenters.